The SMILES string of the molecule is CCN(CC(=O)Nc1cc(Cl)ccc1-n1cncn1)Cc1c(F)cccc1F. The average molecular weight is 406 g/mol. The van der Waals surface area contributed by atoms with E-state index < -0.39 is 11.6 Å². The molecule has 28 heavy (non-hydrogen) atoms. The maximum atomic E-state index is 13.9. The average Bonchev–Trinajstić information content (AvgIpc) is 3.18. The van der Waals surface area contributed by atoms with Crippen LogP contribution in [0.3, 0.4) is 0 Å². The smallest absolute Gasteiger partial charge is 0.238 e. The fraction of sp³-hybridized carbons (Fsp3) is 0.211. The molecule has 0 aliphatic rings. The summed E-state index contributed by atoms with van der Waals surface area (Å²) >= 11 is 6.05. The van der Waals surface area contributed by atoms with Crippen LogP contribution in [0.2, 0.25) is 5.02 Å². The summed E-state index contributed by atoms with van der Waals surface area (Å²) in [6.07, 6.45) is 2.88. The van der Waals surface area contributed by atoms with E-state index in [9.17, 15) is 13.6 Å². The fourth-order valence-corrected chi connectivity index (χ4v) is 2.89. The lowest BCUT2D eigenvalue weighted by molar-refractivity contribution is -0.117. The lowest BCUT2D eigenvalue weighted by Gasteiger charge is -2.21. The number of benzene rings is 2. The number of amides is 1. The second-order valence-electron chi connectivity index (χ2n) is 6.05. The van der Waals surface area contributed by atoms with Gasteiger partial charge in [0.25, 0.3) is 0 Å². The molecule has 0 unspecified atom stereocenters. The normalized spacial score (nSPS) is 11.0. The maximum Gasteiger partial charge on any atom is 0.238 e. The predicted molar refractivity (Wildman–Crippen MR) is 102 cm³/mol. The van der Waals surface area contributed by atoms with Crippen molar-refractivity contribution in [1.82, 2.24) is 19.7 Å². The van der Waals surface area contributed by atoms with Crippen LogP contribution >= 0.6 is 11.6 Å². The molecule has 0 radical (unpaired) electrons. The van der Waals surface area contributed by atoms with E-state index in [1.165, 1.54) is 35.5 Å². The van der Waals surface area contributed by atoms with Gasteiger partial charge in [-0.3, -0.25) is 9.69 Å². The fourth-order valence-electron chi connectivity index (χ4n) is 2.72. The molecule has 2 aromatic carbocycles. The van der Waals surface area contributed by atoms with Gasteiger partial charge in [-0.1, -0.05) is 24.6 Å². The van der Waals surface area contributed by atoms with Crippen LogP contribution in [0.4, 0.5) is 14.5 Å². The highest BCUT2D eigenvalue weighted by molar-refractivity contribution is 6.31. The van der Waals surface area contributed by atoms with Crippen molar-refractivity contribution in [1.29, 1.82) is 0 Å². The van der Waals surface area contributed by atoms with Gasteiger partial charge in [-0.05, 0) is 36.9 Å². The van der Waals surface area contributed by atoms with Gasteiger partial charge in [-0.25, -0.2) is 18.4 Å². The number of carbonyl (C=O) groups excluding carboxylic acids is 1. The lowest BCUT2D eigenvalue weighted by Crippen LogP contribution is -2.33. The zero-order valence-corrected chi connectivity index (χ0v) is 15.8. The van der Waals surface area contributed by atoms with E-state index in [0.29, 0.717) is 22.9 Å². The zero-order chi connectivity index (χ0) is 20.1. The van der Waals surface area contributed by atoms with E-state index in [1.807, 2.05) is 6.92 Å². The first-order valence-electron chi connectivity index (χ1n) is 8.57. The van der Waals surface area contributed by atoms with Crippen LogP contribution in [0, 0.1) is 11.6 Å². The molecule has 0 saturated heterocycles. The summed E-state index contributed by atoms with van der Waals surface area (Å²) < 4.78 is 29.3. The largest absolute Gasteiger partial charge is 0.323 e. The predicted octanol–water partition coefficient (Wildman–Crippen LogP) is 3.66. The van der Waals surface area contributed by atoms with Gasteiger partial charge >= 0.3 is 0 Å². The monoisotopic (exact) mass is 405 g/mol. The van der Waals surface area contributed by atoms with Crippen molar-refractivity contribution in [3.63, 3.8) is 0 Å². The van der Waals surface area contributed by atoms with Gasteiger partial charge in [0, 0.05) is 17.1 Å². The molecule has 6 nitrogen and oxygen atoms in total. The second kappa shape index (κ2) is 8.90. The first-order chi connectivity index (χ1) is 13.5. The number of nitrogens with zero attached hydrogens (tertiary/aromatic N) is 4. The van der Waals surface area contributed by atoms with Crippen molar-refractivity contribution < 1.29 is 13.6 Å². The minimum Gasteiger partial charge on any atom is -0.323 e. The second-order valence-corrected chi connectivity index (χ2v) is 6.49. The number of rotatable bonds is 7. The van der Waals surface area contributed by atoms with Crippen LogP contribution < -0.4 is 5.32 Å². The van der Waals surface area contributed by atoms with Crippen LogP contribution in [0.1, 0.15) is 12.5 Å². The van der Waals surface area contributed by atoms with Crippen molar-refractivity contribution in [3.8, 4) is 5.69 Å². The summed E-state index contributed by atoms with van der Waals surface area (Å²) in [6, 6.07) is 8.68. The Hall–Kier alpha value is -2.84. The van der Waals surface area contributed by atoms with Crippen LogP contribution in [0.25, 0.3) is 5.69 Å². The molecule has 0 fully saturated rings. The molecule has 3 rings (SSSR count). The Balaban J connectivity index is 1.74. The maximum absolute atomic E-state index is 13.9. The molecule has 0 spiro atoms. The van der Waals surface area contributed by atoms with Crippen molar-refractivity contribution in [2.45, 2.75) is 13.5 Å². The highest BCUT2D eigenvalue weighted by atomic mass is 35.5. The molecule has 146 valence electrons. The molecule has 1 N–H and O–H groups in total. The van der Waals surface area contributed by atoms with Crippen LogP contribution in [-0.2, 0) is 11.3 Å². The quantitative estimate of drug-likeness (QED) is 0.651. The van der Waals surface area contributed by atoms with Gasteiger partial charge in [-0.15, -0.1) is 0 Å². The number of aromatic nitrogens is 3. The Labute approximate surface area is 165 Å². The molecule has 9 heteroatoms. The molecule has 1 amide bonds. The minimum absolute atomic E-state index is 0.0199. The van der Waals surface area contributed by atoms with Gasteiger partial charge in [0.15, 0.2) is 0 Å². The van der Waals surface area contributed by atoms with Gasteiger partial charge in [0.1, 0.15) is 24.3 Å². The van der Waals surface area contributed by atoms with Crippen LogP contribution in [-0.4, -0.2) is 38.7 Å². The summed E-state index contributed by atoms with van der Waals surface area (Å²) in [5, 5.41) is 7.28. The lowest BCUT2D eigenvalue weighted by atomic mass is 10.2. The summed E-state index contributed by atoms with van der Waals surface area (Å²) in [5.41, 5.74) is 0.984. The number of likely N-dealkylation sites (N-methyl/N-ethyl adjacent to an activating group) is 1. The molecule has 1 heterocycles. The first-order valence-corrected chi connectivity index (χ1v) is 8.95. The Morgan fingerprint density at radius 3 is 2.64 bits per heavy atom. The van der Waals surface area contributed by atoms with Crippen molar-refractivity contribution in [3.05, 3.63) is 71.3 Å². The Morgan fingerprint density at radius 1 is 1.25 bits per heavy atom. The Kier molecular flexibility index (Phi) is 6.33. The summed E-state index contributed by atoms with van der Waals surface area (Å²) in [5.74, 6) is -1.62. The van der Waals surface area contributed by atoms with Crippen molar-refractivity contribution >= 4 is 23.2 Å². The number of halogens is 3. The topological polar surface area (TPSA) is 63.1 Å². The molecular formula is C19H18ClF2N5O. The van der Waals surface area contributed by atoms with Crippen molar-refractivity contribution in [2.24, 2.45) is 0 Å². The van der Waals surface area contributed by atoms with Gasteiger partial charge < -0.3 is 5.32 Å². The molecular weight excluding hydrogens is 388 g/mol. The molecule has 3 aromatic rings. The molecule has 1 aromatic heterocycles. The standard InChI is InChI=1S/C19H18ClF2N5O/c1-2-26(9-14-15(21)4-3-5-16(14)22)10-19(28)25-17-8-13(20)6-7-18(17)27-12-23-11-24-27/h3-8,11-12H,2,9-10H2,1H3,(H,25,28). The van der Waals surface area contributed by atoms with Crippen molar-refractivity contribution in [2.75, 3.05) is 18.4 Å². The van der Waals surface area contributed by atoms with E-state index in [0.717, 1.165) is 0 Å². The number of anilines is 1. The number of nitrogens with one attached hydrogen (secondary N) is 1. The third kappa shape index (κ3) is 4.71. The number of carbonyl (C=O) groups is 1. The number of hydrogen-bond donors (Lipinski definition) is 1. The summed E-state index contributed by atoms with van der Waals surface area (Å²) in [6.45, 7) is 2.18. The molecule has 0 aliphatic heterocycles. The summed E-state index contributed by atoms with van der Waals surface area (Å²) in [4.78, 5) is 18.1. The zero-order valence-electron chi connectivity index (χ0n) is 15.1. The third-order valence-corrected chi connectivity index (χ3v) is 4.39. The highest BCUT2D eigenvalue weighted by Crippen LogP contribution is 2.24. The minimum atomic E-state index is -0.637. The van der Waals surface area contributed by atoms with Gasteiger partial charge in [0.2, 0.25) is 5.91 Å². The number of hydrogen-bond acceptors (Lipinski definition) is 4. The summed E-state index contributed by atoms with van der Waals surface area (Å²) in [7, 11) is 0. The van der Waals surface area contributed by atoms with E-state index in [4.69, 9.17) is 11.6 Å². The van der Waals surface area contributed by atoms with E-state index in [2.05, 4.69) is 15.4 Å². The highest BCUT2D eigenvalue weighted by Gasteiger charge is 2.16. The van der Waals surface area contributed by atoms with Gasteiger partial charge in [-0.2, -0.15) is 5.10 Å². The molecule has 0 aliphatic carbocycles. The molecule has 0 saturated carbocycles. The third-order valence-electron chi connectivity index (χ3n) is 4.16. The van der Waals surface area contributed by atoms with Gasteiger partial charge in [0.05, 0.1) is 17.9 Å². The first kappa shape index (κ1) is 19.9. The van der Waals surface area contributed by atoms with E-state index in [1.54, 1.807) is 23.1 Å². The molecule has 0 bridgehead atoms. The van der Waals surface area contributed by atoms with Crippen LogP contribution in [0.5, 0.6) is 0 Å². The Bertz CT molecular complexity index is 945. The Morgan fingerprint density at radius 2 is 2.00 bits per heavy atom. The van der Waals surface area contributed by atoms with E-state index in [-0.39, 0.29) is 24.6 Å². The van der Waals surface area contributed by atoms with Crippen LogP contribution in [0.15, 0.2) is 49.1 Å². The van der Waals surface area contributed by atoms with E-state index >= 15 is 0 Å². The molecule has 0 atom stereocenters.